The molecule has 3 aromatic heterocycles. The summed E-state index contributed by atoms with van der Waals surface area (Å²) in [6.45, 7) is 0. The number of anilines is 1. The zero-order valence-corrected chi connectivity index (χ0v) is 8.58. The number of aromatic nitrogens is 3. The van der Waals surface area contributed by atoms with E-state index < -0.39 is 0 Å². The Morgan fingerprint density at radius 1 is 1.33 bits per heavy atom. The Labute approximate surface area is 89.8 Å². The number of nitrogen functional groups attached to an aromatic ring is 1. The molecule has 0 saturated carbocycles. The summed E-state index contributed by atoms with van der Waals surface area (Å²) in [7, 11) is 0. The molecule has 0 spiro atoms. The quantitative estimate of drug-likeness (QED) is 0.655. The molecule has 0 aromatic carbocycles. The van der Waals surface area contributed by atoms with Gasteiger partial charge in [0.15, 0.2) is 5.65 Å². The number of hydrogen-bond donors (Lipinski definition) is 2. The molecule has 0 fully saturated rings. The average molecular weight is 216 g/mol. The minimum atomic E-state index is 0.720. The van der Waals surface area contributed by atoms with E-state index in [1.165, 1.54) is 11.3 Å². The summed E-state index contributed by atoms with van der Waals surface area (Å²) in [6.07, 6.45) is 1.73. The number of fused-ring (bicyclic) bond motifs is 1. The summed E-state index contributed by atoms with van der Waals surface area (Å²) in [5.74, 6) is 0.780. The fraction of sp³-hybridized carbons (Fsp3) is 0. The minimum Gasteiger partial charge on any atom is -0.390 e. The van der Waals surface area contributed by atoms with Crippen molar-refractivity contribution in [1.82, 2.24) is 15.0 Å². The molecule has 0 radical (unpaired) electrons. The molecule has 4 nitrogen and oxygen atoms in total. The lowest BCUT2D eigenvalue weighted by Gasteiger charge is -1.91. The number of thiophene rings is 1. The number of nitrogens with one attached hydrogen (secondary N) is 1. The van der Waals surface area contributed by atoms with Gasteiger partial charge in [-0.3, -0.25) is 0 Å². The lowest BCUT2D eigenvalue weighted by molar-refractivity contribution is 1.31. The highest BCUT2D eigenvalue weighted by Crippen LogP contribution is 2.29. The van der Waals surface area contributed by atoms with Gasteiger partial charge in [-0.25, -0.2) is 9.97 Å². The fourth-order valence-electron chi connectivity index (χ4n) is 1.49. The summed E-state index contributed by atoms with van der Waals surface area (Å²) >= 11 is 1.51. The Bertz CT molecular complexity index is 577. The zero-order valence-electron chi connectivity index (χ0n) is 7.77. The minimum absolute atomic E-state index is 0.720. The summed E-state index contributed by atoms with van der Waals surface area (Å²) in [4.78, 5) is 11.7. The van der Waals surface area contributed by atoms with E-state index in [9.17, 15) is 0 Å². The van der Waals surface area contributed by atoms with Crippen LogP contribution in [0.15, 0.2) is 29.8 Å². The Kier molecular flexibility index (Phi) is 1.72. The molecule has 3 rings (SSSR count). The van der Waals surface area contributed by atoms with E-state index in [4.69, 9.17) is 5.73 Å². The lowest BCUT2D eigenvalue weighted by Crippen LogP contribution is -1.84. The Hall–Kier alpha value is -1.88. The average Bonchev–Trinajstić information content (AvgIpc) is 2.82. The molecule has 0 saturated heterocycles. The zero-order chi connectivity index (χ0) is 10.3. The van der Waals surface area contributed by atoms with Crippen molar-refractivity contribution in [3.63, 3.8) is 0 Å². The van der Waals surface area contributed by atoms with Crippen LogP contribution in [0.25, 0.3) is 22.6 Å². The van der Waals surface area contributed by atoms with Gasteiger partial charge < -0.3 is 10.7 Å². The van der Waals surface area contributed by atoms with Crippen LogP contribution in [0.5, 0.6) is 0 Å². The molecule has 0 aliphatic carbocycles. The first-order chi connectivity index (χ1) is 7.34. The van der Waals surface area contributed by atoms with E-state index in [-0.39, 0.29) is 0 Å². The first-order valence-corrected chi connectivity index (χ1v) is 5.36. The summed E-state index contributed by atoms with van der Waals surface area (Å²) in [5, 5.41) is 2.72. The molecule has 3 heterocycles. The molecule has 74 valence electrons. The van der Waals surface area contributed by atoms with Gasteiger partial charge in [0.25, 0.3) is 0 Å². The molecular weight excluding hydrogens is 208 g/mol. The van der Waals surface area contributed by atoms with Gasteiger partial charge in [-0.05, 0) is 23.6 Å². The Morgan fingerprint density at radius 3 is 3.00 bits per heavy atom. The lowest BCUT2D eigenvalue weighted by atomic mass is 10.3. The predicted octanol–water partition coefficient (Wildman–Crippen LogP) is 2.27. The SMILES string of the molecule is Nc1sccc1-c1nc2ncccc2[nH]1. The van der Waals surface area contributed by atoms with Gasteiger partial charge >= 0.3 is 0 Å². The van der Waals surface area contributed by atoms with Gasteiger partial charge in [0.05, 0.1) is 16.1 Å². The molecule has 5 heteroatoms. The van der Waals surface area contributed by atoms with Gasteiger partial charge in [0.1, 0.15) is 5.82 Å². The molecule has 0 atom stereocenters. The number of H-pyrrole nitrogens is 1. The van der Waals surface area contributed by atoms with Crippen molar-refractivity contribution in [3.8, 4) is 11.4 Å². The second-order valence-corrected chi connectivity index (χ2v) is 4.11. The number of pyridine rings is 1. The van der Waals surface area contributed by atoms with Crippen LogP contribution in [0.4, 0.5) is 5.00 Å². The van der Waals surface area contributed by atoms with E-state index in [0.717, 1.165) is 27.6 Å². The molecular formula is C10H8N4S. The maximum absolute atomic E-state index is 5.83. The van der Waals surface area contributed by atoms with E-state index in [1.54, 1.807) is 6.20 Å². The van der Waals surface area contributed by atoms with E-state index in [0.29, 0.717) is 0 Å². The first-order valence-electron chi connectivity index (χ1n) is 4.48. The second-order valence-electron chi connectivity index (χ2n) is 3.16. The van der Waals surface area contributed by atoms with Crippen molar-refractivity contribution in [2.24, 2.45) is 0 Å². The van der Waals surface area contributed by atoms with Crippen molar-refractivity contribution < 1.29 is 0 Å². The normalized spacial score (nSPS) is 10.9. The van der Waals surface area contributed by atoms with Crippen molar-refractivity contribution in [1.29, 1.82) is 0 Å². The van der Waals surface area contributed by atoms with Gasteiger partial charge in [-0.15, -0.1) is 11.3 Å². The van der Waals surface area contributed by atoms with Crippen LogP contribution in [0.1, 0.15) is 0 Å². The van der Waals surface area contributed by atoms with Gasteiger partial charge in [0, 0.05) is 6.20 Å². The van der Waals surface area contributed by atoms with Crippen LogP contribution < -0.4 is 5.73 Å². The summed E-state index contributed by atoms with van der Waals surface area (Å²) in [5.41, 5.74) is 8.42. The van der Waals surface area contributed by atoms with E-state index in [2.05, 4.69) is 15.0 Å². The van der Waals surface area contributed by atoms with E-state index >= 15 is 0 Å². The third-order valence-corrected chi connectivity index (χ3v) is 2.95. The molecule has 3 N–H and O–H groups in total. The smallest absolute Gasteiger partial charge is 0.178 e. The number of nitrogens with two attached hydrogens (primary N) is 1. The largest absolute Gasteiger partial charge is 0.390 e. The van der Waals surface area contributed by atoms with Gasteiger partial charge in [-0.1, -0.05) is 0 Å². The molecule has 0 aliphatic rings. The number of imidazole rings is 1. The number of nitrogens with zero attached hydrogens (tertiary/aromatic N) is 2. The highest BCUT2D eigenvalue weighted by molar-refractivity contribution is 7.14. The highest BCUT2D eigenvalue weighted by Gasteiger charge is 2.08. The van der Waals surface area contributed by atoms with Crippen LogP contribution in [0, 0.1) is 0 Å². The van der Waals surface area contributed by atoms with Crippen LogP contribution in [0.3, 0.4) is 0 Å². The number of rotatable bonds is 1. The predicted molar refractivity (Wildman–Crippen MR) is 61.6 cm³/mol. The third kappa shape index (κ3) is 1.28. The maximum atomic E-state index is 5.83. The van der Waals surface area contributed by atoms with E-state index in [1.807, 2.05) is 23.6 Å². The first kappa shape index (κ1) is 8.43. The second kappa shape index (κ2) is 3.06. The maximum Gasteiger partial charge on any atom is 0.178 e. The summed E-state index contributed by atoms with van der Waals surface area (Å²) in [6, 6.07) is 5.78. The van der Waals surface area contributed by atoms with Crippen LogP contribution >= 0.6 is 11.3 Å². The monoisotopic (exact) mass is 216 g/mol. The van der Waals surface area contributed by atoms with Crippen molar-refractivity contribution in [3.05, 3.63) is 29.8 Å². The van der Waals surface area contributed by atoms with Crippen LogP contribution in [0.2, 0.25) is 0 Å². The Balaban J connectivity index is 2.24. The molecule has 3 aromatic rings. The molecule has 15 heavy (non-hydrogen) atoms. The highest BCUT2D eigenvalue weighted by atomic mass is 32.1. The van der Waals surface area contributed by atoms with Crippen molar-refractivity contribution in [2.45, 2.75) is 0 Å². The third-order valence-electron chi connectivity index (χ3n) is 2.21. The molecule has 0 aliphatic heterocycles. The molecule has 0 bridgehead atoms. The van der Waals surface area contributed by atoms with Crippen LogP contribution in [-0.4, -0.2) is 15.0 Å². The number of hydrogen-bond acceptors (Lipinski definition) is 4. The topological polar surface area (TPSA) is 67.6 Å². The Morgan fingerprint density at radius 2 is 2.27 bits per heavy atom. The fourth-order valence-corrected chi connectivity index (χ4v) is 2.13. The van der Waals surface area contributed by atoms with Crippen molar-refractivity contribution in [2.75, 3.05) is 5.73 Å². The van der Waals surface area contributed by atoms with Gasteiger partial charge in [-0.2, -0.15) is 0 Å². The van der Waals surface area contributed by atoms with Crippen LogP contribution in [-0.2, 0) is 0 Å². The molecule has 0 unspecified atom stereocenters. The molecule has 0 amide bonds. The standard InChI is InChI=1S/C10H8N4S/c11-8-6(3-5-15-8)9-13-7-2-1-4-12-10(7)14-9/h1-5H,11H2,(H,12,13,14). The van der Waals surface area contributed by atoms with Gasteiger partial charge in [0.2, 0.25) is 0 Å². The number of aromatic amines is 1. The van der Waals surface area contributed by atoms with Crippen molar-refractivity contribution >= 4 is 27.5 Å². The summed E-state index contributed by atoms with van der Waals surface area (Å²) < 4.78 is 0.